The molecule has 1 amide bonds. The van der Waals surface area contributed by atoms with Crippen molar-refractivity contribution in [3.05, 3.63) is 30.1 Å². The maximum absolute atomic E-state index is 13.5. The van der Waals surface area contributed by atoms with Crippen molar-refractivity contribution in [3.63, 3.8) is 0 Å². The molecule has 0 fully saturated rings. The average molecular weight is 383 g/mol. The summed E-state index contributed by atoms with van der Waals surface area (Å²) in [6.07, 6.45) is 1.30. The number of carbonyl (C=O) groups excluding carboxylic acids is 1. The standard InChI is InChI=1S/C15H23FN2O4S.ClH/c1-3-11(22-14-7-5-4-6-12(14)16)10-18-15(19)13(17)8-9-23(2,20)21;/h4-7,11,13H,3,8-10,17H2,1-2H3,(H,18,19);1H. The van der Waals surface area contributed by atoms with Gasteiger partial charge in [0.15, 0.2) is 11.6 Å². The van der Waals surface area contributed by atoms with Gasteiger partial charge in [-0.1, -0.05) is 19.1 Å². The van der Waals surface area contributed by atoms with Crippen molar-refractivity contribution in [2.75, 3.05) is 18.6 Å². The number of hydrogen-bond acceptors (Lipinski definition) is 5. The van der Waals surface area contributed by atoms with Gasteiger partial charge in [0.1, 0.15) is 15.9 Å². The molecule has 2 atom stereocenters. The highest BCUT2D eigenvalue weighted by Crippen LogP contribution is 2.17. The van der Waals surface area contributed by atoms with Crippen LogP contribution in [0.2, 0.25) is 0 Å². The molecular weight excluding hydrogens is 359 g/mol. The third-order valence-corrected chi connectivity index (χ3v) is 4.20. The number of para-hydroxylation sites is 1. The van der Waals surface area contributed by atoms with E-state index in [2.05, 4.69) is 5.32 Å². The van der Waals surface area contributed by atoms with Gasteiger partial charge in [0, 0.05) is 6.26 Å². The van der Waals surface area contributed by atoms with Gasteiger partial charge in [-0.15, -0.1) is 12.4 Å². The number of nitrogens with two attached hydrogens (primary N) is 1. The molecule has 0 radical (unpaired) electrons. The van der Waals surface area contributed by atoms with Gasteiger partial charge in [0.25, 0.3) is 0 Å². The second-order valence-corrected chi connectivity index (χ2v) is 7.61. The summed E-state index contributed by atoms with van der Waals surface area (Å²) in [6, 6.07) is 5.12. The Labute approximate surface area is 148 Å². The molecule has 6 nitrogen and oxygen atoms in total. The van der Waals surface area contributed by atoms with Gasteiger partial charge in [-0.25, -0.2) is 12.8 Å². The van der Waals surface area contributed by atoms with E-state index in [0.717, 1.165) is 6.26 Å². The maximum atomic E-state index is 13.5. The van der Waals surface area contributed by atoms with Crippen molar-refractivity contribution in [3.8, 4) is 5.75 Å². The number of benzene rings is 1. The molecule has 24 heavy (non-hydrogen) atoms. The van der Waals surface area contributed by atoms with E-state index in [1.807, 2.05) is 6.92 Å². The van der Waals surface area contributed by atoms with Crippen molar-refractivity contribution in [1.82, 2.24) is 5.32 Å². The summed E-state index contributed by atoms with van der Waals surface area (Å²) in [5.41, 5.74) is 5.65. The summed E-state index contributed by atoms with van der Waals surface area (Å²) in [5.74, 6) is -0.953. The molecular formula is C15H24ClFN2O4S. The second kappa shape index (κ2) is 10.5. The van der Waals surface area contributed by atoms with Crippen LogP contribution in [0.25, 0.3) is 0 Å². The molecule has 0 spiro atoms. The zero-order valence-corrected chi connectivity index (χ0v) is 15.3. The molecule has 0 aliphatic carbocycles. The van der Waals surface area contributed by atoms with E-state index in [1.165, 1.54) is 12.1 Å². The number of nitrogens with one attached hydrogen (secondary N) is 1. The highest BCUT2D eigenvalue weighted by molar-refractivity contribution is 7.90. The van der Waals surface area contributed by atoms with Gasteiger partial charge in [0.2, 0.25) is 5.91 Å². The number of hydrogen-bond donors (Lipinski definition) is 2. The number of rotatable bonds is 9. The molecule has 0 bridgehead atoms. The van der Waals surface area contributed by atoms with Crippen LogP contribution in [0.3, 0.4) is 0 Å². The predicted molar refractivity (Wildman–Crippen MR) is 93.7 cm³/mol. The highest BCUT2D eigenvalue weighted by Gasteiger charge is 2.18. The Morgan fingerprint density at radius 3 is 2.54 bits per heavy atom. The summed E-state index contributed by atoms with van der Waals surface area (Å²) >= 11 is 0. The van der Waals surface area contributed by atoms with E-state index in [9.17, 15) is 17.6 Å². The smallest absolute Gasteiger partial charge is 0.237 e. The fourth-order valence-electron chi connectivity index (χ4n) is 1.81. The molecule has 2 unspecified atom stereocenters. The summed E-state index contributed by atoms with van der Waals surface area (Å²) < 4.78 is 41.2. The van der Waals surface area contributed by atoms with Crippen LogP contribution >= 0.6 is 12.4 Å². The lowest BCUT2D eigenvalue weighted by molar-refractivity contribution is -0.122. The van der Waals surface area contributed by atoms with Gasteiger partial charge in [-0.2, -0.15) is 0 Å². The maximum Gasteiger partial charge on any atom is 0.237 e. The Bertz CT molecular complexity index is 628. The van der Waals surface area contributed by atoms with Crippen molar-refractivity contribution in [1.29, 1.82) is 0 Å². The summed E-state index contributed by atoms with van der Waals surface area (Å²) in [7, 11) is -3.16. The van der Waals surface area contributed by atoms with Gasteiger partial charge in [0.05, 0.1) is 18.3 Å². The van der Waals surface area contributed by atoms with Crippen LogP contribution < -0.4 is 15.8 Å². The van der Waals surface area contributed by atoms with E-state index in [-0.39, 0.29) is 36.9 Å². The molecule has 0 aliphatic heterocycles. The zero-order chi connectivity index (χ0) is 17.5. The molecule has 3 N–H and O–H groups in total. The molecule has 1 rings (SSSR count). The Kier molecular flexibility index (Phi) is 9.88. The highest BCUT2D eigenvalue weighted by atomic mass is 35.5. The van der Waals surface area contributed by atoms with Crippen LogP contribution in [-0.4, -0.2) is 45.0 Å². The molecule has 0 aliphatic rings. The number of sulfone groups is 1. The van der Waals surface area contributed by atoms with E-state index in [4.69, 9.17) is 10.5 Å². The van der Waals surface area contributed by atoms with Gasteiger partial charge in [-0.3, -0.25) is 4.79 Å². The quantitative estimate of drug-likeness (QED) is 0.670. The molecule has 0 saturated heterocycles. The van der Waals surface area contributed by atoms with Gasteiger partial charge in [-0.05, 0) is 25.0 Å². The van der Waals surface area contributed by atoms with Crippen LogP contribution in [0.5, 0.6) is 5.75 Å². The first kappa shape index (κ1) is 22.6. The predicted octanol–water partition coefficient (Wildman–Crippen LogP) is 1.28. The monoisotopic (exact) mass is 382 g/mol. The third-order valence-electron chi connectivity index (χ3n) is 3.23. The van der Waals surface area contributed by atoms with Crippen LogP contribution in [0.4, 0.5) is 4.39 Å². The Morgan fingerprint density at radius 1 is 1.38 bits per heavy atom. The first-order chi connectivity index (χ1) is 10.7. The van der Waals surface area contributed by atoms with E-state index in [1.54, 1.807) is 12.1 Å². The Morgan fingerprint density at radius 2 is 2.00 bits per heavy atom. The molecule has 138 valence electrons. The van der Waals surface area contributed by atoms with E-state index < -0.39 is 33.7 Å². The minimum Gasteiger partial charge on any atom is -0.486 e. The Balaban J connectivity index is 0.00000529. The largest absolute Gasteiger partial charge is 0.486 e. The lowest BCUT2D eigenvalue weighted by Crippen LogP contribution is -2.45. The van der Waals surface area contributed by atoms with Crippen LogP contribution in [0, 0.1) is 5.82 Å². The van der Waals surface area contributed by atoms with Crippen molar-refractivity contribution < 1.29 is 22.3 Å². The summed E-state index contributed by atoms with van der Waals surface area (Å²) in [5, 5.41) is 2.60. The lowest BCUT2D eigenvalue weighted by Gasteiger charge is -2.19. The fourth-order valence-corrected chi connectivity index (χ4v) is 2.49. The van der Waals surface area contributed by atoms with Crippen molar-refractivity contribution in [2.24, 2.45) is 5.73 Å². The first-order valence-electron chi connectivity index (χ1n) is 7.35. The average Bonchev–Trinajstić information content (AvgIpc) is 2.49. The van der Waals surface area contributed by atoms with Crippen LogP contribution in [0.15, 0.2) is 24.3 Å². The minimum absolute atomic E-state index is 0. The molecule has 1 aromatic carbocycles. The Hall–Kier alpha value is -1.38. The lowest BCUT2D eigenvalue weighted by atomic mass is 10.2. The molecule has 0 heterocycles. The minimum atomic E-state index is -3.16. The third kappa shape index (κ3) is 8.47. The SMILES string of the molecule is CCC(CNC(=O)C(N)CCS(C)(=O)=O)Oc1ccccc1F.Cl. The molecule has 0 aromatic heterocycles. The number of carbonyl (C=O) groups is 1. The van der Waals surface area contributed by atoms with E-state index >= 15 is 0 Å². The number of halogens is 2. The number of amides is 1. The fraction of sp³-hybridized carbons (Fsp3) is 0.533. The topological polar surface area (TPSA) is 98.5 Å². The van der Waals surface area contributed by atoms with E-state index in [0.29, 0.717) is 6.42 Å². The number of ether oxygens (including phenoxy) is 1. The van der Waals surface area contributed by atoms with Crippen molar-refractivity contribution in [2.45, 2.75) is 31.9 Å². The van der Waals surface area contributed by atoms with Crippen LogP contribution in [-0.2, 0) is 14.6 Å². The summed E-state index contributed by atoms with van der Waals surface area (Å²) in [6.45, 7) is 2.01. The zero-order valence-electron chi connectivity index (χ0n) is 13.7. The summed E-state index contributed by atoms with van der Waals surface area (Å²) in [4.78, 5) is 11.8. The second-order valence-electron chi connectivity index (χ2n) is 5.35. The molecule has 0 saturated carbocycles. The van der Waals surface area contributed by atoms with Gasteiger partial charge < -0.3 is 15.8 Å². The molecule has 1 aromatic rings. The first-order valence-corrected chi connectivity index (χ1v) is 9.41. The normalized spacial score (nSPS) is 13.5. The van der Waals surface area contributed by atoms with Crippen molar-refractivity contribution >= 4 is 28.2 Å². The van der Waals surface area contributed by atoms with Crippen LogP contribution in [0.1, 0.15) is 19.8 Å². The van der Waals surface area contributed by atoms with Gasteiger partial charge >= 0.3 is 0 Å². The molecule has 9 heteroatoms.